The van der Waals surface area contributed by atoms with E-state index in [1.165, 1.54) is 57.8 Å². The van der Waals surface area contributed by atoms with E-state index in [1.807, 2.05) is 0 Å². The number of allylic oxidation sites excluding steroid dienone is 10. The van der Waals surface area contributed by atoms with Crippen molar-refractivity contribution < 1.29 is 28.6 Å². The van der Waals surface area contributed by atoms with Gasteiger partial charge in [-0.05, 0) is 77.0 Å². The van der Waals surface area contributed by atoms with Gasteiger partial charge in [0.25, 0.3) is 0 Å². The first-order valence-electron chi connectivity index (χ1n) is 22.8. The number of rotatable bonds is 40. The minimum atomic E-state index is -0.780. The SMILES string of the molecule is CC/C=C\C/C=C\C/C=C\CCCCCCCCCC(=O)OCC(COC(=O)CCCCCCCCC)OC(=O)CCCCCCC/C=C\C/C=C\CCC. The highest BCUT2D eigenvalue weighted by molar-refractivity contribution is 5.71. The van der Waals surface area contributed by atoms with Gasteiger partial charge in [-0.25, -0.2) is 0 Å². The van der Waals surface area contributed by atoms with Crippen LogP contribution in [-0.4, -0.2) is 37.2 Å². The maximum atomic E-state index is 12.7. The minimum Gasteiger partial charge on any atom is -0.462 e. The lowest BCUT2D eigenvalue weighted by Crippen LogP contribution is -2.30. The Morgan fingerprint density at radius 3 is 1.18 bits per heavy atom. The Morgan fingerprint density at radius 1 is 0.382 bits per heavy atom. The highest BCUT2D eigenvalue weighted by Crippen LogP contribution is 2.13. The molecular weight excluding hydrogens is 685 g/mol. The summed E-state index contributed by atoms with van der Waals surface area (Å²) in [5, 5.41) is 0. The third kappa shape index (κ3) is 42.1. The van der Waals surface area contributed by atoms with Gasteiger partial charge in [-0.3, -0.25) is 14.4 Å². The van der Waals surface area contributed by atoms with Gasteiger partial charge in [-0.2, -0.15) is 0 Å². The first-order valence-corrected chi connectivity index (χ1v) is 22.8. The molecule has 0 bridgehead atoms. The van der Waals surface area contributed by atoms with E-state index in [0.717, 1.165) is 116 Å². The molecule has 316 valence electrons. The highest BCUT2D eigenvalue weighted by Gasteiger charge is 2.19. The number of hydrogen-bond donors (Lipinski definition) is 0. The average molecular weight is 769 g/mol. The first-order chi connectivity index (χ1) is 27.0. The van der Waals surface area contributed by atoms with Gasteiger partial charge < -0.3 is 14.2 Å². The molecule has 0 aromatic carbocycles. The summed E-state index contributed by atoms with van der Waals surface area (Å²) in [4.78, 5) is 37.6. The third-order valence-electron chi connectivity index (χ3n) is 9.49. The molecule has 1 atom stereocenters. The molecule has 0 aromatic heterocycles. The van der Waals surface area contributed by atoms with E-state index in [-0.39, 0.29) is 31.1 Å². The zero-order chi connectivity index (χ0) is 40.1. The lowest BCUT2D eigenvalue weighted by atomic mass is 10.1. The number of carbonyl (C=O) groups excluding carboxylic acids is 3. The number of carbonyl (C=O) groups is 3. The second-order valence-electron chi connectivity index (χ2n) is 14.9. The molecule has 0 amide bonds. The molecule has 0 spiro atoms. The summed E-state index contributed by atoms with van der Waals surface area (Å²) in [6, 6.07) is 0. The van der Waals surface area contributed by atoms with Gasteiger partial charge in [0.2, 0.25) is 0 Å². The van der Waals surface area contributed by atoms with Crippen LogP contribution in [0.4, 0.5) is 0 Å². The number of ether oxygens (including phenoxy) is 3. The van der Waals surface area contributed by atoms with Gasteiger partial charge in [-0.1, -0.05) is 178 Å². The summed E-state index contributed by atoms with van der Waals surface area (Å²) in [5.41, 5.74) is 0. The van der Waals surface area contributed by atoms with Crippen molar-refractivity contribution in [3.05, 3.63) is 60.8 Å². The summed E-state index contributed by atoms with van der Waals surface area (Å²) in [6.45, 7) is 6.38. The lowest BCUT2D eigenvalue weighted by molar-refractivity contribution is -0.167. The second-order valence-corrected chi connectivity index (χ2v) is 14.9. The summed E-state index contributed by atoms with van der Waals surface area (Å²) in [6.07, 6.45) is 52.1. The molecule has 0 aliphatic carbocycles. The standard InChI is InChI=1S/C49H84O6/c1-4-7-10-13-16-18-20-22-23-24-25-27-28-30-33-36-39-42-48(51)54-45-46(44-53-47(50)41-38-35-32-15-12-9-6-3)55-49(52)43-40-37-34-31-29-26-21-19-17-14-11-8-5-2/h7,10-11,14,16,18-19,21-23,46H,4-6,8-9,12-13,15,17,20,24-45H2,1-3H3/b10-7-,14-11-,18-16-,21-19-,23-22-. The van der Waals surface area contributed by atoms with Crippen molar-refractivity contribution in [3.63, 3.8) is 0 Å². The minimum absolute atomic E-state index is 0.0833. The largest absolute Gasteiger partial charge is 0.462 e. The molecular formula is C49H84O6. The predicted molar refractivity (Wildman–Crippen MR) is 233 cm³/mol. The quantitative estimate of drug-likeness (QED) is 0.0267. The summed E-state index contributed by atoms with van der Waals surface area (Å²) in [5.74, 6) is -0.918. The molecule has 0 aliphatic rings. The van der Waals surface area contributed by atoms with E-state index in [0.29, 0.717) is 19.3 Å². The second kappa shape index (κ2) is 43.8. The van der Waals surface area contributed by atoms with E-state index < -0.39 is 6.10 Å². The molecule has 0 fully saturated rings. The van der Waals surface area contributed by atoms with Crippen molar-refractivity contribution in [2.75, 3.05) is 13.2 Å². The van der Waals surface area contributed by atoms with Crippen LogP contribution in [0.1, 0.15) is 213 Å². The molecule has 0 N–H and O–H groups in total. The van der Waals surface area contributed by atoms with E-state index in [4.69, 9.17) is 14.2 Å². The molecule has 0 radical (unpaired) electrons. The van der Waals surface area contributed by atoms with E-state index >= 15 is 0 Å². The van der Waals surface area contributed by atoms with Gasteiger partial charge >= 0.3 is 17.9 Å². The zero-order valence-corrected chi connectivity index (χ0v) is 35.9. The Balaban J connectivity index is 4.32. The molecule has 55 heavy (non-hydrogen) atoms. The van der Waals surface area contributed by atoms with Crippen LogP contribution in [-0.2, 0) is 28.6 Å². The van der Waals surface area contributed by atoms with Crippen LogP contribution in [0, 0.1) is 0 Å². The highest BCUT2D eigenvalue weighted by atomic mass is 16.6. The van der Waals surface area contributed by atoms with E-state index in [1.54, 1.807) is 0 Å². The van der Waals surface area contributed by atoms with Gasteiger partial charge in [0, 0.05) is 19.3 Å². The molecule has 0 saturated heterocycles. The predicted octanol–water partition coefficient (Wildman–Crippen LogP) is 14.5. The average Bonchev–Trinajstić information content (AvgIpc) is 3.18. The Bertz CT molecular complexity index is 1020. The van der Waals surface area contributed by atoms with Crippen LogP contribution in [0.2, 0.25) is 0 Å². The van der Waals surface area contributed by atoms with Crippen molar-refractivity contribution in [2.45, 2.75) is 219 Å². The molecule has 1 unspecified atom stereocenters. The Kier molecular flexibility index (Phi) is 41.5. The fourth-order valence-electron chi connectivity index (χ4n) is 6.08. The van der Waals surface area contributed by atoms with E-state index in [9.17, 15) is 14.4 Å². The molecule has 6 nitrogen and oxygen atoms in total. The lowest BCUT2D eigenvalue weighted by Gasteiger charge is -2.18. The van der Waals surface area contributed by atoms with Gasteiger partial charge in [0.1, 0.15) is 13.2 Å². The Morgan fingerprint density at radius 2 is 0.745 bits per heavy atom. The van der Waals surface area contributed by atoms with Crippen LogP contribution in [0.3, 0.4) is 0 Å². The zero-order valence-electron chi connectivity index (χ0n) is 35.9. The van der Waals surface area contributed by atoms with Crippen molar-refractivity contribution >= 4 is 17.9 Å². The number of unbranched alkanes of at least 4 members (excludes halogenated alkanes) is 19. The molecule has 0 rings (SSSR count). The van der Waals surface area contributed by atoms with E-state index in [2.05, 4.69) is 81.5 Å². The van der Waals surface area contributed by atoms with Crippen LogP contribution >= 0.6 is 0 Å². The fraction of sp³-hybridized carbons (Fsp3) is 0.735. The van der Waals surface area contributed by atoms with Gasteiger partial charge in [0.15, 0.2) is 6.10 Å². The monoisotopic (exact) mass is 769 g/mol. The van der Waals surface area contributed by atoms with Crippen LogP contribution < -0.4 is 0 Å². The van der Waals surface area contributed by atoms with Crippen molar-refractivity contribution in [1.82, 2.24) is 0 Å². The van der Waals surface area contributed by atoms with Gasteiger partial charge in [0.05, 0.1) is 0 Å². The third-order valence-corrected chi connectivity index (χ3v) is 9.49. The summed E-state index contributed by atoms with van der Waals surface area (Å²) < 4.78 is 16.6. The van der Waals surface area contributed by atoms with Crippen LogP contribution in [0.25, 0.3) is 0 Å². The molecule has 0 saturated carbocycles. The molecule has 6 heteroatoms. The fourth-order valence-corrected chi connectivity index (χ4v) is 6.08. The van der Waals surface area contributed by atoms with Crippen LogP contribution in [0.5, 0.6) is 0 Å². The normalized spacial score (nSPS) is 12.6. The summed E-state index contributed by atoms with van der Waals surface area (Å²) in [7, 11) is 0. The summed E-state index contributed by atoms with van der Waals surface area (Å²) >= 11 is 0. The van der Waals surface area contributed by atoms with Gasteiger partial charge in [-0.15, -0.1) is 0 Å². The Labute approximate surface area is 339 Å². The maximum Gasteiger partial charge on any atom is 0.306 e. The Hall–Kier alpha value is -2.89. The maximum absolute atomic E-state index is 12.7. The smallest absolute Gasteiger partial charge is 0.306 e. The number of hydrogen-bond acceptors (Lipinski definition) is 6. The van der Waals surface area contributed by atoms with Crippen LogP contribution in [0.15, 0.2) is 60.8 Å². The first kappa shape index (κ1) is 52.1. The molecule has 0 aromatic rings. The molecule has 0 aliphatic heterocycles. The van der Waals surface area contributed by atoms with Crippen molar-refractivity contribution in [3.8, 4) is 0 Å². The number of esters is 3. The van der Waals surface area contributed by atoms with Crippen molar-refractivity contribution in [1.29, 1.82) is 0 Å². The van der Waals surface area contributed by atoms with Crippen molar-refractivity contribution in [2.24, 2.45) is 0 Å². The topological polar surface area (TPSA) is 78.9 Å². The molecule has 0 heterocycles.